The Morgan fingerprint density at radius 3 is 2.75 bits per heavy atom. The molecule has 0 spiro atoms. The molecule has 2 heterocycles. The molecule has 0 aliphatic carbocycles. The molecule has 0 saturated carbocycles. The molecule has 4 nitrogen and oxygen atoms in total. The van der Waals surface area contributed by atoms with Gasteiger partial charge in [-0.25, -0.2) is 4.98 Å². The standard InChI is InChI=1S/C19H17ClN4/c20-16-7-5-14(6-8-16)13-22-19-21-11-9-18(23-19)24-12-10-15-3-1-2-4-17(15)24/h1-9,11H,10,12-13H2,(H,21,22,23). The van der Waals surface area contributed by atoms with Crippen molar-refractivity contribution in [3.63, 3.8) is 0 Å². The average molecular weight is 337 g/mol. The molecule has 0 amide bonds. The molecule has 0 radical (unpaired) electrons. The van der Waals surface area contributed by atoms with E-state index >= 15 is 0 Å². The van der Waals surface area contributed by atoms with E-state index in [0.29, 0.717) is 12.5 Å². The van der Waals surface area contributed by atoms with Gasteiger partial charge in [-0.1, -0.05) is 41.9 Å². The van der Waals surface area contributed by atoms with Gasteiger partial charge < -0.3 is 10.2 Å². The number of fused-ring (bicyclic) bond motifs is 1. The van der Waals surface area contributed by atoms with E-state index in [1.54, 1.807) is 6.20 Å². The molecule has 24 heavy (non-hydrogen) atoms. The first-order valence-corrected chi connectivity index (χ1v) is 8.34. The van der Waals surface area contributed by atoms with E-state index in [4.69, 9.17) is 11.6 Å². The number of nitrogens with zero attached hydrogens (tertiary/aromatic N) is 3. The summed E-state index contributed by atoms with van der Waals surface area (Å²) >= 11 is 5.91. The molecule has 0 saturated heterocycles. The first kappa shape index (κ1) is 15.0. The van der Waals surface area contributed by atoms with Gasteiger partial charge in [-0.05, 0) is 41.8 Å². The summed E-state index contributed by atoms with van der Waals surface area (Å²) in [5, 5.41) is 4.02. The third-order valence-corrected chi connectivity index (χ3v) is 4.42. The summed E-state index contributed by atoms with van der Waals surface area (Å²) in [6.07, 6.45) is 2.85. The highest BCUT2D eigenvalue weighted by atomic mass is 35.5. The highest BCUT2D eigenvalue weighted by Crippen LogP contribution is 2.33. The van der Waals surface area contributed by atoms with Crippen LogP contribution in [0.2, 0.25) is 5.02 Å². The van der Waals surface area contributed by atoms with Gasteiger partial charge in [0.2, 0.25) is 5.95 Å². The minimum absolute atomic E-state index is 0.631. The fourth-order valence-corrected chi connectivity index (χ4v) is 3.07. The molecule has 1 aliphatic heterocycles. The highest BCUT2D eigenvalue weighted by Gasteiger charge is 2.20. The Kier molecular flexibility index (Phi) is 4.05. The van der Waals surface area contributed by atoms with Crippen LogP contribution in [0.1, 0.15) is 11.1 Å². The Morgan fingerprint density at radius 1 is 1.04 bits per heavy atom. The molecule has 0 fully saturated rings. The normalized spacial score (nSPS) is 13.0. The second-order valence-corrected chi connectivity index (χ2v) is 6.19. The van der Waals surface area contributed by atoms with Crippen LogP contribution < -0.4 is 10.2 Å². The van der Waals surface area contributed by atoms with Gasteiger partial charge in [0.05, 0.1) is 0 Å². The number of para-hydroxylation sites is 1. The van der Waals surface area contributed by atoms with Crippen LogP contribution in [0.4, 0.5) is 17.5 Å². The van der Waals surface area contributed by atoms with Gasteiger partial charge in [0.15, 0.2) is 0 Å². The molecule has 0 bridgehead atoms. The lowest BCUT2D eigenvalue weighted by Gasteiger charge is -2.18. The summed E-state index contributed by atoms with van der Waals surface area (Å²) in [7, 11) is 0. The fraction of sp³-hybridized carbons (Fsp3) is 0.158. The van der Waals surface area contributed by atoms with Crippen molar-refractivity contribution in [2.24, 2.45) is 0 Å². The van der Waals surface area contributed by atoms with E-state index in [1.807, 2.05) is 30.3 Å². The third-order valence-electron chi connectivity index (χ3n) is 4.17. The van der Waals surface area contributed by atoms with E-state index in [2.05, 4.69) is 44.5 Å². The summed E-state index contributed by atoms with van der Waals surface area (Å²) < 4.78 is 0. The van der Waals surface area contributed by atoms with Crippen molar-refractivity contribution in [2.45, 2.75) is 13.0 Å². The maximum atomic E-state index is 5.91. The summed E-state index contributed by atoms with van der Waals surface area (Å²) in [5.41, 5.74) is 3.74. The molecule has 120 valence electrons. The van der Waals surface area contributed by atoms with E-state index in [9.17, 15) is 0 Å². The zero-order chi connectivity index (χ0) is 16.4. The zero-order valence-corrected chi connectivity index (χ0v) is 13.9. The average Bonchev–Trinajstić information content (AvgIpc) is 3.06. The minimum Gasteiger partial charge on any atom is -0.350 e. The Bertz CT molecular complexity index is 848. The number of nitrogens with one attached hydrogen (secondary N) is 1. The predicted molar refractivity (Wildman–Crippen MR) is 98.0 cm³/mol. The second kappa shape index (κ2) is 6.49. The van der Waals surface area contributed by atoms with Crippen molar-refractivity contribution < 1.29 is 0 Å². The van der Waals surface area contributed by atoms with Gasteiger partial charge in [-0.3, -0.25) is 0 Å². The quantitative estimate of drug-likeness (QED) is 0.765. The molecule has 5 heteroatoms. The molecule has 1 N–H and O–H groups in total. The molecule has 1 aromatic heterocycles. The Balaban J connectivity index is 1.51. The SMILES string of the molecule is Clc1ccc(CNc2nccc(N3CCc4ccccc43)n2)cc1. The molecule has 0 unspecified atom stereocenters. The smallest absolute Gasteiger partial charge is 0.224 e. The second-order valence-electron chi connectivity index (χ2n) is 5.75. The summed E-state index contributed by atoms with van der Waals surface area (Å²) in [4.78, 5) is 11.2. The van der Waals surface area contributed by atoms with Crippen molar-refractivity contribution in [2.75, 3.05) is 16.8 Å². The molecular weight excluding hydrogens is 320 g/mol. The largest absolute Gasteiger partial charge is 0.350 e. The van der Waals surface area contributed by atoms with Crippen molar-refractivity contribution in [3.05, 3.63) is 76.9 Å². The number of rotatable bonds is 4. The number of anilines is 3. The van der Waals surface area contributed by atoms with Crippen LogP contribution >= 0.6 is 11.6 Å². The number of hydrogen-bond acceptors (Lipinski definition) is 4. The fourth-order valence-electron chi connectivity index (χ4n) is 2.94. The maximum absolute atomic E-state index is 5.91. The van der Waals surface area contributed by atoms with Gasteiger partial charge in [0, 0.05) is 30.0 Å². The van der Waals surface area contributed by atoms with Crippen LogP contribution in [0, 0.1) is 0 Å². The van der Waals surface area contributed by atoms with Gasteiger partial charge in [0.25, 0.3) is 0 Å². The van der Waals surface area contributed by atoms with Crippen molar-refractivity contribution in [1.29, 1.82) is 0 Å². The van der Waals surface area contributed by atoms with Crippen LogP contribution in [-0.2, 0) is 13.0 Å². The first-order valence-electron chi connectivity index (χ1n) is 7.96. The Labute approximate surface area is 146 Å². The van der Waals surface area contributed by atoms with Gasteiger partial charge in [-0.15, -0.1) is 0 Å². The van der Waals surface area contributed by atoms with E-state index < -0.39 is 0 Å². The van der Waals surface area contributed by atoms with Gasteiger partial charge in [-0.2, -0.15) is 4.98 Å². The van der Waals surface area contributed by atoms with Crippen LogP contribution in [0.25, 0.3) is 0 Å². The number of halogens is 1. The zero-order valence-electron chi connectivity index (χ0n) is 13.1. The molecular formula is C19H17ClN4. The van der Waals surface area contributed by atoms with Gasteiger partial charge >= 0.3 is 0 Å². The topological polar surface area (TPSA) is 41.1 Å². The maximum Gasteiger partial charge on any atom is 0.224 e. The number of aromatic nitrogens is 2. The number of hydrogen-bond donors (Lipinski definition) is 1. The Morgan fingerprint density at radius 2 is 1.88 bits per heavy atom. The molecule has 2 aromatic carbocycles. The lowest BCUT2D eigenvalue weighted by molar-refractivity contribution is 0.957. The van der Waals surface area contributed by atoms with Crippen LogP contribution in [0.15, 0.2) is 60.8 Å². The number of benzene rings is 2. The van der Waals surface area contributed by atoms with Crippen molar-refractivity contribution >= 4 is 29.1 Å². The molecule has 1 aliphatic rings. The van der Waals surface area contributed by atoms with Crippen LogP contribution in [0.3, 0.4) is 0 Å². The molecule has 0 atom stereocenters. The summed E-state index contributed by atoms with van der Waals surface area (Å²) in [6.45, 7) is 1.62. The van der Waals surface area contributed by atoms with E-state index in [-0.39, 0.29) is 0 Å². The van der Waals surface area contributed by atoms with Crippen LogP contribution in [-0.4, -0.2) is 16.5 Å². The third kappa shape index (κ3) is 3.05. The molecule has 3 aromatic rings. The van der Waals surface area contributed by atoms with Gasteiger partial charge in [0.1, 0.15) is 5.82 Å². The summed E-state index contributed by atoms with van der Waals surface area (Å²) in [6, 6.07) is 18.2. The van der Waals surface area contributed by atoms with E-state index in [0.717, 1.165) is 29.4 Å². The monoisotopic (exact) mass is 336 g/mol. The van der Waals surface area contributed by atoms with Crippen molar-refractivity contribution in [3.8, 4) is 0 Å². The van der Waals surface area contributed by atoms with Crippen LogP contribution in [0.5, 0.6) is 0 Å². The lowest BCUT2D eigenvalue weighted by atomic mass is 10.2. The Hall–Kier alpha value is -2.59. The highest BCUT2D eigenvalue weighted by molar-refractivity contribution is 6.30. The minimum atomic E-state index is 0.631. The van der Waals surface area contributed by atoms with Crippen molar-refractivity contribution in [1.82, 2.24) is 9.97 Å². The lowest BCUT2D eigenvalue weighted by Crippen LogP contribution is -2.16. The predicted octanol–water partition coefficient (Wildman–Crippen LogP) is 4.44. The summed E-state index contributed by atoms with van der Waals surface area (Å²) in [5.74, 6) is 1.56. The first-order chi connectivity index (χ1) is 11.8. The molecule has 4 rings (SSSR count). The van der Waals surface area contributed by atoms with E-state index in [1.165, 1.54) is 11.3 Å².